The SMILES string of the molecule is C=C(CC)S(=O)(=O)c1ccc(SC)cc1. The van der Waals surface area contributed by atoms with Gasteiger partial charge in [-0.25, -0.2) is 8.42 Å². The quantitative estimate of drug-likeness (QED) is 0.761. The molecule has 1 aromatic carbocycles. The summed E-state index contributed by atoms with van der Waals surface area (Å²) in [6.45, 7) is 5.36. The van der Waals surface area contributed by atoms with Gasteiger partial charge in [-0.3, -0.25) is 0 Å². The van der Waals surface area contributed by atoms with Crippen LogP contribution in [0.1, 0.15) is 13.3 Å². The lowest BCUT2D eigenvalue weighted by Gasteiger charge is -2.05. The van der Waals surface area contributed by atoms with Crippen molar-refractivity contribution in [2.75, 3.05) is 6.26 Å². The molecule has 0 atom stereocenters. The van der Waals surface area contributed by atoms with Crippen LogP contribution < -0.4 is 0 Å². The molecule has 0 amide bonds. The van der Waals surface area contributed by atoms with Crippen LogP contribution in [0.3, 0.4) is 0 Å². The predicted octanol–water partition coefficient (Wildman–Crippen LogP) is 3.11. The van der Waals surface area contributed by atoms with Crippen molar-refractivity contribution in [3.63, 3.8) is 0 Å². The van der Waals surface area contributed by atoms with Gasteiger partial charge in [0.25, 0.3) is 0 Å². The predicted molar refractivity (Wildman–Crippen MR) is 64.8 cm³/mol. The van der Waals surface area contributed by atoms with Crippen molar-refractivity contribution >= 4 is 21.6 Å². The highest BCUT2D eigenvalue weighted by Gasteiger charge is 2.16. The van der Waals surface area contributed by atoms with E-state index in [-0.39, 0.29) is 4.91 Å². The summed E-state index contributed by atoms with van der Waals surface area (Å²) in [7, 11) is -3.32. The molecule has 0 aliphatic heterocycles. The molecular formula is C11H14O2S2. The van der Waals surface area contributed by atoms with Gasteiger partial charge in [0.05, 0.1) is 4.90 Å². The van der Waals surface area contributed by atoms with Gasteiger partial charge >= 0.3 is 0 Å². The van der Waals surface area contributed by atoms with Crippen LogP contribution in [0, 0.1) is 0 Å². The van der Waals surface area contributed by atoms with E-state index in [0.717, 1.165) is 4.90 Å². The maximum Gasteiger partial charge on any atom is 0.202 e. The topological polar surface area (TPSA) is 34.1 Å². The van der Waals surface area contributed by atoms with Gasteiger partial charge in [-0.1, -0.05) is 13.5 Å². The number of rotatable bonds is 4. The number of hydrogen-bond acceptors (Lipinski definition) is 3. The Bertz CT molecular complexity index is 444. The zero-order valence-electron chi connectivity index (χ0n) is 8.86. The smallest absolute Gasteiger partial charge is 0.202 e. The van der Waals surface area contributed by atoms with Crippen molar-refractivity contribution in [2.45, 2.75) is 23.1 Å². The molecule has 0 unspecified atom stereocenters. The summed E-state index contributed by atoms with van der Waals surface area (Å²) in [5.74, 6) is 0. The van der Waals surface area contributed by atoms with Crippen LogP contribution in [0.15, 0.2) is 45.5 Å². The summed E-state index contributed by atoms with van der Waals surface area (Å²) in [6, 6.07) is 6.87. The van der Waals surface area contributed by atoms with Crippen molar-refractivity contribution in [2.24, 2.45) is 0 Å². The molecule has 0 aromatic heterocycles. The molecule has 0 bridgehead atoms. The summed E-state index contributed by atoms with van der Waals surface area (Å²) >= 11 is 1.59. The minimum atomic E-state index is -3.32. The van der Waals surface area contributed by atoms with E-state index >= 15 is 0 Å². The average Bonchev–Trinajstić information content (AvgIpc) is 2.28. The monoisotopic (exact) mass is 242 g/mol. The number of benzene rings is 1. The second-order valence-electron chi connectivity index (χ2n) is 3.07. The van der Waals surface area contributed by atoms with Crippen molar-refractivity contribution in [1.82, 2.24) is 0 Å². The zero-order valence-corrected chi connectivity index (χ0v) is 10.5. The van der Waals surface area contributed by atoms with Gasteiger partial charge < -0.3 is 0 Å². The van der Waals surface area contributed by atoms with Gasteiger partial charge in [-0.2, -0.15) is 0 Å². The second-order valence-corrected chi connectivity index (χ2v) is 6.01. The lowest BCUT2D eigenvalue weighted by Crippen LogP contribution is -2.02. The molecule has 15 heavy (non-hydrogen) atoms. The number of sulfone groups is 1. The normalized spacial score (nSPS) is 11.3. The lowest BCUT2D eigenvalue weighted by molar-refractivity contribution is 0.601. The Balaban J connectivity index is 3.12. The first-order valence-electron chi connectivity index (χ1n) is 4.59. The first-order chi connectivity index (χ1) is 7.02. The van der Waals surface area contributed by atoms with E-state index < -0.39 is 9.84 Å². The molecule has 1 aromatic rings. The number of thioether (sulfide) groups is 1. The maximum atomic E-state index is 11.9. The Morgan fingerprint density at radius 3 is 2.27 bits per heavy atom. The average molecular weight is 242 g/mol. The van der Waals surface area contributed by atoms with Gasteiger partial charge in [-0.05, 0) is 36.9 Å². The molecule has 0 spiro atoms. The summed E-state index contributed by atoms with van der Waals surface area (Å²) in [5.41, 5.74) is 0. The molecule has 0 heterocycles. The first kappa shape index (κ1) is 12.3. The van der Waals surface area contributed by atoms with Gasteiger partial charge in [0.1, 0.15) is 0 Å². The minimum absolute atomic E-state index is 0.263. The van der Waals surface area contributed by atoms with Crippen molar-refractivity contribution in [1.29, 1.82) is 0 Å². The van der Waals surface area contributed by atoms with E-state index in [1.165, 1.54) is 0 Å². The van der Waals surface area contributed by atoms with Crippen molar-refractivity contribution in [3.8, 4) is 0 Å². The van der Waals surface area contributed by atoms with E-state index in [1.54, 1.807) is 43.0 Å². The molecule has 0 aliphatic carbocycles. The fourth-order valence-corrected chi connectivity index (χ4v) is 2.73. The molecule has 0 radical (unpaired) electrons. The molecule has 0 saturated carbocycles. The standard InChI is InChI=1S/C11H14O2S2/c1-4-9(2)15(12,13)11-7-5-10(14-3)6-8-11/h5-8H,2,4H2,1,3H3. The number of allylic oxidation sites excluding steroid dienone is 1. The molecule has 82 valence electrons. The van der Waals surface area contributed by atoms with Crippen molar-refractivity contribution in [3.05, 3.63) is 35.7 Å². The molecule has 0 N–H and O–H groups in total. The van der Waals surface area contributed by atoms with E-state index in [9.17, 15) is 8.42 Å². The van der Waals surface area contributed by atoms with Crippen LogP contribution in [0.4, 0.5) is 0 Å². The summed E-state index contributed by atoms with van der Waals surface area (Å²) in [4.78, 5) is 1.64. The molecular weight excluding hydrogens is 228 g/mol. The highest BCUT2D eigenvalue weighted by molar-refractivity contribution is 7.98. The van der Waals surface area contributed by atoms with Gasteiger partial charge in [0.15, 0.2) is 0 Å². The van der Waals surface area contributed by atoms with Crippen LogP contribution in [-0.2, 0) is 9.84 Å². The zero-order chi connectivity index (χ0) is 11.5. The third kappa shape index (κ3) is 2.63. The van der Waals surface area contributed by atoms with E-state index in [1.807, 2.05) is 6.26 Å². The van der Waals surface area contributed by atoms with E-state index in [4.69, 9.17) is 0 Å². The highest BCUT2D eigenvalue weighted by Crippen LogP contribution is 2.22. The molecule has 2 nitrogen and oxygen atoms in total. The van der Waals surface area contributed by atoms with Gasteiger partial charge in [-0.15, -0.1) is 11.8 Å². The number of hydrogen-bond donors (Lipinski definition) is 0. The van der Waals surface area contributed by atoms with Gasteiger partial charge in [0, 0.05) is 9.80 Å². The Labute approximate surface area is 95.3 Å². The second kappa shape index (κ2) is 4.86. The molecule has 0 saturated heterocycles. The highest BCUT2D eigenvalue weighted by atomic mass is 32.2. The summed E-state index contributed by atoms with van der Waals surface area (Å²) in [6.07, 6.45) is 2.40. The van der Waals surface area contributed by atoms with Crippen LogP contribution in [-0.4, -0.2) is 14.7 Å². The molecule has 4 heteroatoms. The largest absolute Gasteiger partial charge is 0.219 e. The Morgan fingerprint density at radius 1 is 1.33 bits per heavy atom. The van der Waals surface area contributed by atoms with E-state index in [2.05, 4.69) is 6.58 Å². The maximum absolute atomic E-state index is 11.9. The van der Waals surface area contributed by atoms with Crippen LogP contribution in [0.25, 0.3) is 0 Å². The fraction of sp³-hybridized carbons (Fsp3) is 0.273. The first-order valence-corrected chi connectivity index (χ1v) is 7.30. The fourth-order valence-electron chi connectivity index (χ4n) is 1.11. The van der Waals surface area contributed by atoms with Gasteiger partial charge in [0.2, 0.25) is 9.84 Å². The lowest BCUT2D eigenvalue weighted by atomic mass is 10.4. The Morgan fingerprint density at radius 2 is 1.87 bits per heavy atom. The minimum Gasteiger partial charge on any atom is -0.219 e. The van der Waals surface area contributed by atoms with Crippen LogP contribution in [0.5, 0.6) is 0 Å². The third-order valence-corrected chi connectivity index (χ3v) is 4.83. The molecule has 1 rings (SSSR count). The van der Waals surface area contributed by atoms with Crippen molar-refractivity contribution < 1.29 is 8.42 Å². The van der Waals surface area contributed by atoms with E-state index in [0.29, 0.717) is 11.3 Å². The third-order valence-electron chi connectivity index (χ3n) is 2.14. The summed E-state index contributed by atoms with van der Waals surface area (Å²) in [5, 5.41) is 0. The van der Waals surface area contributed by atoms with Crippen LogP contribution >= 0.6 is 11.8 Å². The molecule has 0 fully saturated rings. The Hall–Kier alpha value is -0.740. The van der Waals surface area contributed by atoms with Crippen LogP contribution in [0.2, 0.25) is 0 Å². The summed E-state index contributed by atoms with van der Waals surface area (Å²) < 4.78 is 23.7. The Kier molecular flexibility index (Phi) is 3.99. The molecule has 0 aliphatic rings.